The van der Waals surface area contributed by atoms with E-state index in [2.05, 4.69) is 13.8 Å². The van der Waals surface area contributed by atoms with Crippen LogP contribution < -0.4 is 0 Å². The van der Waals surface area contributed by atoms with Gasteiger partial charge in [0.05, 0.1) is 12.7 Å². The first-order valence-corrected chi connectivity index (χ1v) is 7.15. The van der Waals surface area contributed by atoms with Gasteiger partial charge in [-0.1, -0.05) is 50.1 Å². The number of halogens is 1. The van der Waals surface area contributed by atoms with Crippen LogP contribution in [0.1, 0.15) is 45.0 Å². The van der Waals surface area contributed by atoms with E-state index in [9.17, 15) is 0 Å². The topological polar surface area (TPSA) is 18.5 Å². The first-order chi connectivity index (χ1) is 8.76. The zero-order chi connectivity index (χ0) is 13.0. The van der Waals surface area contributed by atoms with Crippen LogP contribution in [0.2, 0.25) is 5.02 Å². The Morgan fingerprint density at radius 2 is 2.06 bits per heavy atom. The summed E-state index contributed by atoms with van der Waals surface area (Å²) in [6.07, 6.45) is 3.30. The molecule has 0 saturated carbocycles. The van der Waals surface area contributed by atoms with Crippen LogP contribution in [-0.2, 0) is 9.47 Å². The van der Waals surface area contributed by atoms with Crippen molar-refractivity contribution in [1.82, 2.24) is 0 Å². The first kappa shape index (κ1) is 13.9. The second-order valence-electron chi connectivity index (χ2n) is 4.82. The predicted octanol–water partition coefficient (Wildman–Crippen LogP) is 4.58. The fourth-order valence-electron chi connectivity index (χ4n) is 2.43. The summed E-state index contributed by atoms with van der Waals surface area (Å²) in [5.74, 6) is 0.503. The molecule has 3 heteroatoms. The highest BCUT2D eigenvalue weighted by Crippen LogP contribution is 2.35. The normalized spacial score (nSPS) is 28.3. The van der Waals surface area contributed by atoms with E-state index in [-0.39, 0.29) is 12.4 Å². The summed E-state index contributed by atoms with van der Waals surface area (Å²) in [5, 5.41) is 0.715. The molecule has 0 aromatic heterocycles. The van der Waals surface area contributed by atoms with Gasteiger partial charge >= 0.3 is 0 Å². The minimum absolute atomic E-state index is 0.287. The summed E-state index contributed by atoms with van der Waals surface area (Å²) >= 11 is 6.19. The summed E-state index contributed by atoms with van der Waals surface area (Å²) in [5.41, 5.74) is 0.940. The van der Waals surface area contributed by atoms with Gasteiger partial charge < -0.3 is 9.47 Å². The molecule has 1 aromatic rings. The van der Waals surface area contributed by atoms with Crippen LogP contribution in [0.15, 0.2) is 24.3 Å². The number of benzene rings is 1. The number of rotatable bonds is 4. The second kappa shape index (κ2) is 6.55. The van der Waals surface area contributed by atoms with Crippen molar-refractivity contribution in [3.63, 3.8) is 0 Å². The predicted molar refractivity (Wildman–Crippen MR) is 73.7 cm³/mol. The van der Waals surface area contributed by atoms with E-state index in [4.69, 9.17) is 21.1 Å². The molecule has 1 fully saturated rings. The van der Waals surface area contributed by atoms with Gasteiger partial charge in [-0.15, -0.1) is 0 Å². The number of hydrogen-bond acceptors (Lipinski definition) is 2. The maximum Gasteiger partial charge on any atom is 0.185 e. The molecule has 0 radical (unpaired) electrons. The Morgan fingerprint density at radius 1 is 1.28 bits per heavy atom. The second-order valence-corrected chi connectivity index (χ2v) is 5.23. The van der Waals surface area contributed by atoms with Crippen LogP contribution in [0, 0.1) is 5.92 Å². The van der Waals surface area contributed by atoms with Crippen LogP contribution in [0.25, 0.3) is 0 Å². The molecule has 3 unspecified atom stereocenters. The fraction of sp³-hybridized carbons (Fsp3) is 0.600. The lowest BCUT2D eigenvalue weighted by Crippen LogP contribution is -2.35. The minimum Gasteiger partial charge on any atom is -0.348 e. The van der Waals surface area contributed by atoms with Gasteiger partial charge in [0, 0.05) is 16.5 Å². The molecule has 1 aromatic carbocycles. The van der Waals surface area contributed by atoms with Gasteiger partial charge in [-0.05, 0) is 18.9 Å². The molecule has 1 saturated heterocycles. The maximum atomic E-state index is 6.19. The molecule has 2 nitrogen and oxygen atoms in total. The molecule has 3 atom stereocenters. The molecule has 1 aliphatic rings. The third-order valence-electron chi connectivity index (χ3n) is 3.54. The average molecular weight is 269 g/mol. The minimum atomic E-state index is -0.307. The lowest BCUT2D eigenvalue weighted by Gasteiger charge is -2.36. The van der Waals surface area contributed by atoms with Gasteiger partial charge in [-0.2, -0.15) is 0 Å². The fourth-order valence-corrected chi connectivity index (χ4v) is 2.65. The van der Waals surface area contributed by atoms with Crippen molar-refractivity contribution in [2.45, 2.75) is 45.5 Å². The van der Waals surface area contributed by atoms with Crippen molar-refractivity contribution in [3.8, 4) is 0 Å². The Hall–Kier alpha value is -0.570. The molecule has 100 valence electrons. The Kier molecular flexibility index (Phi) is 5.04. The molecule has 0 aliphatic carbocycles. The smallest absolute Gasteiger partial charge is 0.185 e. The van der Waals surface area contributed by atoms with Gasteiger partial charge in [0.2, 0.25) is 0 Å². The van der Waals surface area contributed by atoms with E-state index in [1.807, 2.05) is 24.3 Å². The maximum absolute atomic E-state index is 6.19. The van der Waals surface area contributed by atoms with Crippen LogP contribution in [0.4, 0.5) is 0 Å². The van der Waals surface area contributed by atoms with E-state index in [0.29, 0.717) is 10.9 Å². The van der Waals surface area contributed by atoms with E-state index in [1.54, 1.807) is 0 Å². The number of ether oxygens (including phenoxy) is 2. The molecule has 1 heterocycles. The standard InChI is InChI=1S/C15H21ClO2/c1-3-7-14-11(4-2)10-17-15(18-14)12-8-5-6-9-13(12)16/h5-6,8-9,11,14-15H,3-4,7,10H2,1-2H3. The lowest BCUT2D eigenvalue weighted by atomic mass is 9.95. The van der Waals surface area contributed by atoms with Gasteiger partial charge in [0.15, 0.2) is 6.29 Å². The zero-order valence-corrected chi connectivity index (χ0v) is 11.8. The Labute approximate surface area is 114 Å². The van der Waals surface area contributed by atoms with E-state index < -0.39 is 0 Å². The van der Waals surface area contributed by atoms with Crippen LogP contribution in [0.5, 0.6) is 0 Å². The quantitative estimate of drug-likeness (QED) is 0.796. The Bertz CT molecular complexity index is 381. The first-order valence-electron chi connectivity index (χ1n) is 6.77. The Balaban J connectivity index is 2.10. The molecule has 0 N–H and O–H groups in total. The molecular formula is C15H21ClO2. The van der Waals surface area contributed by atoms with Crippen molar-refractivity contribution >= 4 is 11.6 Å². The van der Waals surface area contributed by atoms with Gasteiger partial charge in [0.1, 0.15) is 0 Å². The average Bonchev–Trinajstić information content (AvgIpc) is 2.40. The Morgan fingerprint density at radius 3 is 2.72 bits per heavy atom. The lowest BCUT2D eigenvalue weighted by molar-refractivity contribution is -0.243. The highest BCUT2D eigenvalue weighted by Gasteiger charge is 2.31. The summed E-state index contributed by atoms with van der Waals surface area (Å²) in [4.78, 5) is 0. The molecule has 0 bridgehead atoms. The molecule has 2 rings (SSSR count). The van der Waals surface area contributed by atoms with Crippen LogP contribution in [0.3, 0.4) is 0 Å². The third kappa shape index (κ3) is 3.05. The van der Waals surface area contributed by atoms with E-state index >= 15 is 0 Å². The summed E-state index contributed by atoms with van der Waals surface area (Å²) in [6.45, 7) is 5.14. The van der Waals surface area contributed by atoms with Crippen LogP contribution >= 0.6 is 11.6 Å². The van der Waals surface area contributed by atoms with Crippen molar-refractivity contribution in [2.75, 3.05) is 6.61 Å². The monoisotopic (exact) mass is 268 g/mol. The summed E-state index contributed by atoms with van der Waals surface area (Å²) in [6, 6.07) is 7.74. The van der Waals surface area contributed by atoms with Gasteiger partial charge in [0.25, 0.3) is 0 Å². The molecular weight excluding hydrogens is 248 g/mol. The van der Waals surface area contributed by atoms with Gasteiger partial charge in [-0.25, -0.2) is 0 Å². The zero-order valence-electron chi connectivity index (χ0n) is 11.1. The van der Waals surface area contributed by atoms with Crippen molar-refractivity contribution < 1.29 is 9.47 Å². The number of hydrogen-bond donors (Lipinski definition) is 0. The molecule has 18 heavy (non-hydrogen) atoms. The van der Waals surface area contributed by atoms with Gasteiger partial charge in [-0.3, -0.25) is 0 Å². The van der Waals surface area contributed by atoms with Crippen LogP contribution in [-0.4, -0.2) is 12.7 Å². The van der Waals surface area contributed by atoms with Crippen molar-refractivity contribution in [3.05, 3.63) is 34.9 Å². The summed E-state index contributed by atoms with van der Waals surface area (Å²) < 4.78 is 11.9. The molecule has 0 amide bonds. The summed E-state index contributed by atoms with van der Waals surface area (Å²) in [7, 11) is 0. The van der Waals surface area contributed by atoms with E-state index in [1.165, 1.54) is 0 Å². The van der Waals surface area contributed by atoms with Crippen molar-refractivity contribution in [1.29, 1.82) is 0 Å². The largest absolute Gasteiger partial charge is 0.348 e. The van der Waals surface area contributed by atoms with Crippen molar-refractivity contribution in [2.24, 2.45) is 5.92 Å². The molecule has 0 spiro atoms. The third-order valence-corrected chi connectivity index (χ3v) is 3.89. The van der Waals surface area contributed by atoms with E-state index in [0.717, 1.165) is 31.4 Å². The highest BCUT2D eigenvalue weighted by atomic mass is 35.5. The molecule has 1 aliphatic heterocycles. The highest BCUT2D eigenvalue weighted by molar-refractivity contribution is 6.31. The SMILES string of the molecule is CCCC1OC(c2ccccc2Cl)OCC1CC.